The van der Waals surface area contributed by atoms with Gasteiger partial charge in [0.2, 0.25) is 0 Å². The lowest BCUT2D eigenvalue weighted by molar-refractivity contribution is -0.148. The van der Waals surface area contributed by atoms with E-state index in [0.717, 1.165) is 0 Å². The van der Waals surface area contributed by atoms with Gasteiger partial charge in [-0.05, 0) is 48.9 Å². The number of hydrogen-bond acceptors (Lipinski definition) is 6. The summed E-state index contributed by atoms with van der Waals surface area (Å²) in [5, 5.41) is 3.06. The fourth-order valence-corrected chi connectivity index (χ4v) is 2.57. The van der Waals surface area contributed by atoms with Gasteiger partial charge in [0.25, 0.3) is 5.91 Å². The minimum Gasteiger partial charge on any atom is -0.495 e. The fourth-order valence-electron chi connectivity index (χ4n) is 2.40. The Bertz CT molecular complexity index is 912. The number of esters is 1. The van der Waals surface area contributed by atoms with Crippen LogP contribution in [0.15, 0.2) is 42.5 Å². The van der Waals surface area contributed by atoms with E-state index in [9.17, 15) is 9.59 Å². The Kier molecular flexibility index (Phi) is 7.91. The van der Waals surface area contributed by atoms with Crippen molar-refractivity contribution < 1.29 is 28.5 Å². The summed E-state index contributed by atoms with van der Waals surface area (Å²) in [4.78, 5) is 24.4. The number of hydrogen-bond donors (Lipinski definition) is 1. The SMILES string of the molecule is COc1ccc(Cl)cc1NC(=O)C(C)OC(=O)/C=C/c1ccc(OC)c(OC)c1. The molecule has 2 aromatic rings. The van der Waals surface area contributed by atoms with Crippen molar-refractivity contribution >= 4 is 35.2 Å². The molecule has 7 nitrogen and oxygen atoms in total. The monoisotopic (exact) mass is 419 g/mol. The molecule has 1 unspecified atom stereocenters. The number of anilines is 1. The number of nitrogens with one attached hydrogen (secondary N) is 1. The quantitative estimate of drug-likeness (QED) is 0.515. The molecular formula is C21H22ClNO6. The summed E-state index contributed by atoms with van der Waals surface area (Å²) < 4.78 is 20.7. The Hall–Kier alpha value is -3.19. The van der Waals surface area contributed by atoms with Gasteiger partial charge in [-0.25, -0.2) is 4.79 Å². The van der Waals surface area contributed by atoms with Crippen LogP contribution in [0.2, 0.25) is 5.02 Å². The summed E-state index contributed by atoms with van der Waals surface area (Å²) in [6.07, 6.45) is 1.75. The Morgan fingerprint density at radius 3 is 2.28 bits per heavy atom. The minimum atomic E-state index is -1.03. The Morgan fingerprint density at radius 1 is 0.966 bits per heavy atom. The van der Waals surface area contributed by atoms with Crippen LogP contribution in [0.1, 0.15) is 12.5 Å². The molecule has 154 valence electrons. The van der Waals surface area contributed by atoms with Crippen LogP contribution in [0.3, 0.4) is 0 Å². The van der Waals surface area contributed by atoms with Crippen molar-refractivity contribution in [3.05, 3.63) is 53.1 Å². The van der Waals surface area contributed by atoms with E-state index < -0.39 is 18.0 Å². The average molecular weight is 420 g/mol. The molecule has 0 saturated carbocycles. The maximum atomic E-state index is 12.3. The van der Waals surface area contributed by atoms with E-state index in [1.165, 1.54) is 34.3 Å². The van der Waals surface area contributed by atoms with Crippen molar-refractivity contribution in [1.29, 1.82) is 0 Å². The van der Waals surface area contributed by atoms with Gasteiger partial charge in [-0.2, -0.15) is 0 Å². The molecule has 0 bridgehead atoms. The summed E-state index contributed by atoms with van der Waals surface area (Å²) in [6.45, 7) is 1.47. The molecule has 8 heteroatoms. The van der Waals surface area contributed by atoms with Gasteiger partial charge in [-0.15, -0.1) is 0 Å². The lowest BCUT2D eigenvalue weighted by atomic mass is 10.2. The Labute approximate surface area is 174 Å². The van der Waals surface area contributed by atoms with Crippen molar-refractivity contribution in [2.24, 2.45) is 0 Å². The highest BCUT2D eigenvalue weighted by Crippen LogP contribution is 2.29. The summed E-state index contributed by atoms with van der Waals surface area (Å²) in [5.74, 6) is 0.369. The molecule has 0 aliphatic rings. The van der Waals surface area contributed by atoms with Crippen LogP contribution in [-0.4, -0.2) is 39.3 Å². The predicted octanol–water partition coefficient (Wildman–Crippen LogP) is 3.95. The first-order valence-electron chi connectivity index (χ1n) is 8.63. The van der Waals surface area contributed by atoms with E-state index in [1.54, 1.807) is 42.5 Å². The van der Waals surface area contributed by atoms with Gasteiger partial charge < -0.3 is 24.3 Å². The third-order valence-corrected chi connectivity index (χ3v) is 4.14. The van der Waals surface area contributed by atoms with Gasteiger partial charge in [0.1, 0.15) is 5.75 Å². The van der Waals surface area contributed by atoms with Crippen LogP contribution in [0, 0.1) is 0 Å². The van der Waals surface area contributed by atoms with Crippen molar-refractivity contribution in [3.63, 3.8) is 0 Å². The first-order valence-corrected chi connectivity index (χ1v) is 9.00. The van der Waals surface area contributed by atoms with Gasteiger partial charge in [0, 0.05) is 11.1 Å². The largest absolute Gasteiger partial charge is 0.495 e. The highest BCUT2D eigenvalue weighted by Gasteiger charge is 2.18. The van der Waals surface area contributed by atoms with Crippen LogP contribution in [0.25, 0.3) is 6.08 Å². The normalized spacial score (nSPS) is 11.6. The minimum absolute atomic E-state index is 0.383. The first kappa shape index (κ1) is 22.1. The lowest BCUT2D eigenvalue weighted by Crippen LogP contribution is -2.29. The van der Waals surface area contributed by atoms with Gasteiger partial charge in [-0.1, -0.05) is 17.7 Å². The van der Waals surface area contributed by atoms with Crippen molar-refractivity contribution in [3.8, 4) is 17.2 Å². The van der Waals surface area contributed by atoms with E-state index in [4.69, 9.17) is 30.5 Å². The van der Waals surface area contributed by atoms with E-state index in [2.05, 4.69) is 5.32 Å². The van der Waals surface area contributed by atoms with E-state index in [1.807, 2.05) is 0 Å². The van der Waals surface area contributed by atoms with E-state index in [0.29, 0.717) is 33.5 Å². The third kappa shape index (κ3) is 6.15. The van der Waals surface area contributed by atoms with Crippen LogP contribution >= 0.6 is 11.6 Å². The second-order valence-corrected chi connectivity index (χ2v) is 6.30. The number of carbonyl (C=O) groups is 2. The standard InChI is InChI=1S/C21H22ClNO6/c1-13(21(25)23-16-12-15(22)7-9-17(16)26-2)29-20(24)10-6-14-5-8-18(27-3)19(11-14)28-4/h5-13H,1-4H3,(H,23,25)/b10-6+. The molecule has 1 amide bonds. The van der Waals surface area contributed by atoms with Crippen molar-refractivity contribution in [1.82, 2.24) is 0 Å². The maximum absolute atomic E-state index is 12.3. The molecule has 0 saturated heterocycles. The number of halogens is 1. The molecule has 0 fully saturated rings. The van der Waals surface area contributed by atoms with Crippen LogP contribution in [-0.2, 0) is 14.3 Å². The molecule has 0 aromatic heterocycles. The van der Waals surface area contributed by atoms with Gasteiger partial charge in [0.05, 0.1) is 27.0 Å². The Balaban J connectivity index is 1.99. The number of rotatable bonds is 8. The van der Waals surface area contributed by atoms with Crippen LogP contribution in [0.5, 0.6) is 17.2 Å². The van der Waals surface area contributed by atoms with Crippen LogP contribution < -0.4 is 19.5 Å². The number of ether oxygens (including phenoxy) is 4. The van der Waals surface area contributed by atoms with E-state index >= 15 is 0 Å². The highest BCUT2D eigenvalue weighted by molar-refractivity contribution is 6.31. The van der Waals surface area contributed by atoms with Gasteiger partial charge in [-0.3, -0.25) is 4.79 Å². The first-order chi connectivity index (χ1) is 13.9. The van der Waals surface area contributed by atoms with Gasteiger partial charge >= 0.3 is 5.97 Å². The summed E-state index contributed by atoms with van der Waals surface area (Å²) in [7, 11) is 4.53. The van der Waals surface area contributed by atoms with Gasteiger partial charge in [0.15, 0.2) is 17.6 Å². The van der Waals surface area contributed by atoms with Crippen molar-refractivity contribution in [2.75, 3.05) is 26.6 Å². The zero-order valence-corrected chi connectivity index (χ0v) is 17.3. The third-order valence-electron chi connectivity index (χ3n) is 3.90. The molecule has 0 radical (unpaired) electrons. The molecular weight excluding hydrogens is 398 g/mol. The summed E-state index contributed by atoms with van der Waals surface area (Å²) in [6, 6.07) is 10.00. The van der Waals surface area contributed by atoms with Crippen LogP contribution in [0.4, 0.5) is 5.69 Å². The lowest BCUT2D eigenvalue weighted by Gasteiger charge is -2.14. The topological polar surface area (TPSA) is 83.1 Å². The Morgan fingerprint density at radius 2 is 1.62 bits per heavy atom. The highest BCUT2D eigenvalue weighted by atomic mass is 35.5. The fraction of sp³-hybridized carbons (Fsp3) is 0.238. The molecule has 1 N–H and O–H groups in total. The predicted molar refractivity (Wildman–Crippen MR) is 111 cm³/mol. The maximum Gasteiger partial charge on any atom is 0.331 e. The number of benzene rings is 2. The molecule has 0 aliphatic heterocycles. The molecule has 1 atom stereocenters. The molecule has 0 spiro atoms. The smallest absolute Gasteiger partial charge is 0.331 e. The molecule has 0 aliphatic carbocycles. The second kappa shape index (κ2) is 10.4. The van der Waals surface area contributed by atoms with Crippen molar-refractivity contribution in [2.45, 2.75) is 13.0 Å². The molecule has 2 aromatic carbocycles. The molecule has 29 heavy (non-hydrogen) atoms. The summed E-state index contributed by atoms with van der Waals surface area (Å²) in [5.41, 5.74) is 1.09. The zero-order chi connectivity index (χ0) is 21.4. The average Bonchev–Trinajstić information content (AvgIpc) is 2.72. The number of methoxy groups -OCH3 is 3. The summed E-state index contributed by atoms with van der Waals surface area (Å²) >= 11 is 5.94. The van der Waals surface area contributed by atoms with E-state index in [-0.39, 0.29) is 0 Å². The molecule has 0 heterocycles. The zero-order valence-electron chi connectivity index (χ0n) is 16.5. The second-order valence-electron chi connectivity index (χ2n) is 5.86. The molecule has 2 rings (SSSR count). The number of carbonyl (C=O) groups excluding carboxylic acids is 2. The number of amides is 1.